The first-order valence-electron chi connectivity index (χ1n) is 3.91. The van der Waals surface area contributed by atoms with Crippen molar-refractivity contribution in [3.05, 3.63) is 23.5 Å². The summed E-state index contributed by atoms with van der Waals surface area (Å²) < 4.78 is 0. The number of anilines is 1. The first-order valence-corrected chi connectivity index (χ1v) is 3.91. The molecule has 0 aliphatic carbocycles. The summed E-state index contributed by atoms with van der Waals surface area (Å²) in [4.78, 5) is 4.18. The van der Waals surface area contributed by atoms with E-state index in [1.807, 2.05) is 6.07 Å². The number of nitrogens with two attached hydrogens (primary N) is 1. The molecule has 3 N–H and O–H groups in total. The predicted molar refractivity (Wildman–Crippen MR) is 50.6 cm³/mol. The van der Waals surface area contributed by atoms with Gasteiger partial charge in [0.15, 0.2) is 0 Å². The van der Waals surface area contributed by atoms with Crippen LogP contribution in [0.25, 0.3) is 0 Å². The van der Waals surface area contributed by atoms with Crippen LogP contribution in [0.2, 0.25) is 0 Å². The first-order chi connectivity index (χ1) is 5.65. The maximum absolute atomic E-state index is 7.02. The number of pyridine rings is 1. The summed E-state index contributed by atoms with van der Waals surface area (Å²) in [6.45, 7) is 4.12. The molecule has 0 spiro atoms. The van der Waals surface area contributed by atoms with Crippen molar-refractivity contribution >= 4 is 11.9 Å². The minimum atomic E-state index is 0.382. The van der Waals surface area contributed by atoms with Gasteiger partial charge in [-0.1, -0.05) is 13.8 Å². The molecular weight excluding hydrogens is 150 g/mol. The van der Waals surface area contributed by atoms with Crippen molar-refractivity contribution < 1.29 is 0 Å². The molecule has 0 aliphatic heterocycles. The average Bonchev–Trinajstić information content (AvgIpc) is 2.04. The quantitative estimate of drug-likeness (QED) is 0.653. The lowest BCUT2D eigenvalue weighted by Crippen LogP contribution is -1.99. The fourth-order valence-corrected chi connectivity index (χ4v) is 0.935. The molecule has 1 heterocycles. The van der Waals surface area contributed by atoms with E-state index in [2.05, 4.69) is 18.8 Å². The monoisotopic (exact) mass is 163 g/mol. The summed E-state index contributed by atoms with van der Waals surface area (Å²) in [6, 6.07) is 1.82. The molecule has 0 bridgehead atoms. The highest BCUT2D eigenvalue weighted by Crippen LogP contribution is 2.16. The van der Waals surface area contributed by atoms with Gasteiger partial charge in [0.2, 0.25) is 0 Å². The standard InChI is InChI=1S/C9H13N3/c1-6(2)9-3-8(11)7(4-10)5-12-9/h3-6,10H,1-2H3,(H2,11,12). The average molecular weight is 163 g/mol. The Bertz CT molecular complexity index is 292. The number of rotatable bonds is 2. The predicted octanol–water partition coefficient (Wildman–Crippen LogP) is 1.78. The van der Waals surface area contributed by atoms with Gasteiger partial charge in [0.05, 0.1) is 0 Å². The molecule has 64 valence electrons. The molecule has 0 saturated carbocycles. The zero-order valence-electron chi connectivity index (χ0n) is 7.33. The van der Waals surface area contributed by atoms with Gasteiger partial charge in [-0.15, -0.1) is 0 Å². The topological polar surface area (TPSA) is 62.8 Å². The molecule has 12 heavy (non-hydrogen) atoms. The first kappa shape index (κ1) is 8.71. The number of hydrogen-bond donors (Lipinski definition) is 2. The van der Waals surface area contributed by atoms with E-state index in [9.17, 15) is 0 Å². The maximum atomic E-state index is 7.02. The Morgan fingerprint density at radius 3 is 2.67 bits per heavy atom. The summed E-state index contributed by atoms with van der Waals surface area (Å²) in [5, 5.41) is 7.02. The van der Waals surface area contributed by atoms with Crippen LogP contribution < -0.4 is 5.73 Å². The van der Waals surface area contributed by atoms with Crippen molar-refractivity contribution in [3.8, 4) is 0 Å². The van der Waals surface area contributed by atoms with Crippen LogP contribution in [0.1, 0.15) is 31.0 Å². The number of aromatic nitrogens is 1. The minimum Gasteiger partial charge on any atom is -0.398 e. The van der Waals surface area contributed by atoms with E-state index in [0.717, 1.165) is 5.69 Å². The number of nitrogens with one attached hydrogen (secondary N) is 1. The van der Waals surface area contributed by atoms with Gasteiger partial charge >= 0.3 is 0 Å². The largest absolute Gasteiger partial charge is 0.398 e. The van der Waals surface area contributed by atoms with Gasteiger partial charge in [0.1, 0.15) is 0 Å². The van der Waals surface area contributed by atoms with Gasteiger partial charge in [-0.25, -0.2) is 0 Å². The van der Waals surface area contributed by atoms with E-state index in [4.69, 9.17) is 11.1 Å². The normalized spacial score (nSPS) is 10.2. The van der Waals surface area contributed by atoms with Gasteiger partial charge in [-0.3, -0.25) is 4.98 Å². The molecule has 0 aliphatic rings. The fourth-order valence-electron chi connectivity index (χ4n) is 0.935. The molecule has 0 radical (unpaired) electrons. The van der Waals surface area contributed by atoms with Gasteiger partial charge in [0.25, 0.3) is 0 Å². The third-order valence-electron chi connectivity index (χ3n) is 1.74. The molecule has 3 nitrogen and oxygen atoms in total. The van der Waals surface area contributed by atoms with E-state index in [1.54, 1.807) is 6.20 Å². The lowest BCUT2D eigenvalue weighted by Gasteiger charge is -2.06. The third-order valence-corrected chi connectivity index (χ3v) is 1.74. The van der Waals surface area contributed by atoms with Crippen molar-refractivity contribution in [1.29, 1.82) is 5.41 Å². The van der Waals surface area contributed by atoms with E-state index in [-0.39, 0.29) is 0 Å². The Labute approximate surface area is 72.1 Å². The van der Waals surface area contributed by atoms with Crippen LogP contribution in [0.15, 0.2) is 12.3 Å². The van der Waals surface area contributed by atoms with E-state index >= 15 is 0 Å². The summed E-state index contributed by atoms with van der Waals surface area (Å²) in [7, 11) is 0. The van der Waals surface area contributed by atoms with Gasteiger partial charge < -0.3 is 11.1 Å². The summed E-state index contributed by atoms with van der Waals surface area (Å²) >= 11 is 0. The molecule has 1 aromatic heterocycles. The van der Waals surface area contributed by atoms with E-state index < -0.39 is 0 Å². The molecule has 1 aromatic rings. The fraction of sp³-hybridized carbons (Fsp3) is 0.333. The van der Waals surface area contributed by atoms with Crippen LogP contribution in [0.5, 0.6) is 0 Å². The highest BCUT2D eigenvalue weighted by molar-refractivity contribution is 5.84. The van der Waals surface area contributed by atoms with Crippen molar-refractivity contribution in [2.45, 2.75) is 19.8 Å². The molecular formula is C9H13N3. The summed E-state index contributed by atoms with van der Waals surface area (Å²) in [6.07, 6.45) is 2.85. The lowest BCUT2D eigenvalue weighted by atomic mass is 10.1. The van der Waals surface area contributed by atoms with Crippen LogP contribution in [0.4, 0.5) is 5.69 Å². The Morgan fingerprint density at radius 2 is 2.25 bits per heavy atom. The van der Waals surface area contributed by atoms with Crippen LogP contribution in [-0.4, -0.2) is 11.2 Å². The third kappa shape index (κ3) is 1.61. The molecule has 3 heteroatoms. The second-order valence-corrected chi connectivity index (χ2v) is 3.04. The Morgan fingerprint density at radius 1 is 1.58 bits per heavy atom. The maximum Gasteiger partial charge on any atom is 0.0449 e. The van der Waals surface area contributed by atoms with Crippen LogP contribution in [0.3, 0.4) is 0 Å². The number of nitrogen functional groups attached to an aromatic ring is 1. The van der Waals surface area contributed by atoms with Crippen LogP contribution in [-0.2, 0) is 0 Å². The SMILES string of the molecule is CC(C)c1cc(N)c(C=N)cn1. The number of hydrogen-bond acceptors (Lipinski definition) is 3. The summed E-state index contributed by atoms with van der Waals surface area (Å²) in [5.41, 5.74) is 7.96. The zero-order valence-corrected chi connectivity index (χ0v) is 7.33. The van der Waals surface area contributed by atoms with Crippen molar-refractivity contribution in [1.82, 2.24) is 4.98 Å². The van der Waals surface area contributed by atoms with E-state index in [1.165, 1.54) is 6.21 Å². The van der Waals surface area contributed by atoms with Gasteiger partial charge in [0, 0.05) is 29.4 Å². The van der Waals surface area contributed by atoms with Crippen molar-refractivity contribution in [3.63, 3.8) is 0 Å². The Balaban J connectivity index is 3.10. The molecule has 0 atom stereocenters. The molecule has 1 rings (SSSR count). The zero-order chi connectivity index (χ0) is 9.14. The van der Waals surface area contributed by atoms with Crippen molar-refractivity contribution in [2.75, 3.05) is 5.73 Å². The molecule has 0 amide bonds. The smallest absolute Gasteiger partial charge is 0.0449 e. The second-order valence-electron chi connectivity index (χ2n) is 3.04. The Kier molecular flexibility index (Phi) is 2.43. The van der Waals surface area contributed by atoms with Gasteiger partial charge in [-0.2, -0.15) is 0 Å². The highest BCUT2D eigenvalue weighted by Gasteiger charge is 2.02. The van der Waals surface area contributed by atoms with Crippen molar-refractivity contribution in [2.24, 2.45) is 0 Å². The van der Waals surface area contributed by atoms with Gasteiger partial charge in [-0.05, 0) is 12.0 Å². The van der Waals surface area contributed by atoms with Crippen LogP contribution in [0, 0.1) is 5.41 Å². The molecule has 0 aromatic carbocycles. The number of nitrogens with zero attached hydrogens (tertiary/aromatic N) is 1. The molecule has 0 unspecified atom stereocenters. The highest BCUT2D eigenvalue weighted by atomic mass is 14.7. The minimum absolute atomic E-state index is 0.382. The summed E-state index contributed by atoms with van der Waals surface area (Å²) in [5.74, 6) is 0.382. The molecule has 0 saturated heterocycles. The molecule has 0 fully saturated rings. The second kappa shape index (κ2) is 3.34. The van der Waals surface area contributed by atoms with E-state index in [0.29, 0.717) is 17.2 Å². The Hall–Kier alpha value is -1.38. The van der Waals surface area contributed by atoms with Crippen LogP contribution >= 0.6 is 0 Å². The lowest BCUT2D eigenvalue weighted by molar-refractivity contribution is 0.823.